The van der Waals surface area contributed by atoms with Gasteiger partial charge in [0.05, 0.1) is 11.0 Å². The van der Waals surface area contributed by atoms with Crippen molar-refractivity contribution in [2.75, 3.05) is 0 Å². The molecular formula is C31H41N3O2. The van der Waals surface area contributed by atoms with Gasteiger partial charge in [-0.2, -0.15) is 0 Å². The van der Waals surface area contributed by atoms with Crippen LogP contribution in [0.4, 0.5) is 0 Å². The maximum Gasteiger partial charge on any atom is 0.243 e. The Bertz CT molecular complexity index is 1120. The minimum atomic E-state index is 0.250. The topological polar surface area (TPSA) is 47.4 Å². The van der Waals surface area contributed by atoms with E-state index in [4.69, 9.17) is 9.72 Å². The van der Waals surface area contributed by atoms with E-state index in [1.165, 1.54) is 44.1 Å². The minimum Gasteiger partial charge on any atom is -0.486 e. The molecule has 0 aliphatic heterocycles. The van der Waals surface area contributed by atoms with Gasteiger partial charge in [0.1, 0.15) is 24.7 Å². The monoisotopic (exact) mass is 487 g/mol. The molecule has 2 aromatic carbocycles. The third-order valence-electron chi connectivity index (χ3n) is 8.17. The summed E-state index contributed by atoms with van der Waals surface area (Å²) in [6, 6.07) is 17.2. The molecule has 5 rings (SSSR count). The van der Waals surface area contributed by atoms with E-state index < -0.39 is 0 Å². The van der Waals surface area contributed by atoms with Crippen LogP contribution in [0, 0.1) is 0 Å². The highest BCUT2D eigenvalue weighted by molar-refractivity contribution is 5.81. The van der Waals surface area contributed by atoms with Crippen LogP contribution in [-0.2, 0) is 17.9 Å². The van der Waals surface area contributed by atoms with Crippen molar-refractivity contribution in [1.29, 1.82) is 0 Å². The number of aromatic nitrogens is 2. The summed E-state index contributed by atoms with van der Waals surface area (Å²) < 4.78 is 8.26. The molecule has 2 aliphatic rings. The van der Waals surface area contributed by atoms with E-state index >= 15 is 0 Å². The van der Waals surface area contributed by atoms with Gasteiger partial charge in [0, 0.05) is 12.1 Å². The lowest BCUT2D eigenvalue weighted by Gasteiger charge is -2.42. The molecule has 0 saturated heterocycles. The number of carbonyl (C=O) groups excluding carboxylic acids is 1. The lowest BCUT2D eigenvalue weighted by Crippen LogP contribution is -2.50. The molecule has 0 N–H and O–H groups in total. The van der Waals surface area contributed by atoms with Crippen molar-refractivity contribution in [2.45, 2.75) is 109 Å². The molecule has 192 valence electrons. The molecule has 3 aromatic rings. The van der Waals surface area contributed by atoms with Gasteiger partial charge in [0.25, 0.3) is 0 Å². The Morgan fingerprint density at radius 1 is 0.917 bits per heavy atom. The Kier molecular flexibility index (Phi) is 7.93. The van der Waals surface area contributed by atoms with Crippen molar-refractivity contribution >= 4 is 16.9 Å². The summed E-state index contributed by atoms with van der Waals surface area (Å²) in [5.41, 5.74) is 3.22. The molecule has 1 heterocycles. The first-order valence-electron chi connectivity index (χ1n) is 14.1. The van der Waals surface area contributed by atoms with Gasteiger partial charge >= 0.3 is 0 Å². The molecule has 0 bridgehead atoms. The number of ether oxygens (including phenoxy) is 1. The van der Waals surface area contributed by atoms with E-state index in [1.807, 2.05) is 30.3 Å². The van der Waals surface area contributed by atoms with Gasteiger partial charge in [-0.25, -0.2) is 4.98 Å². The molecule has 2 aliphatic carbocycles. The first-order valence-corrected chi connectivity index (χ1v) is 14.1. The van der Waals surface area contributed by atoms with Crippen molar-refractivity contribution in [3.8, 4) is 5.75 Å². The van der Waals surface area contributed by atoms with E-state index in [2.05, 4.69) is 41.5 Å². The van der Waals surface area contributed by atoms with E-state index in [9.17, 15) is 4.79 Å². The maximum atomic E-state index is 14.0. The van der Waals surface area contributed by atoms with Crippen molar-refractivity contribution in [1.82, 2.24) is 14.5 Å². The van der Waals surface area contributed by atoms with Gasteiger partial charge in [0.2, 0.25) is 5.91 Å². The van der Waals surface area contributed by atoms with Crippen LogP contribution in [0.3, 0.4) is 0 Å². The summed E-state index contributed by atoms with van der Waals surface area (Å²) in [5.74, 6) is 2.38. The van der Waals surface area contributed by atoms with Crippen molar-refractivity contribution in [3.63, 3.8) is 0 Å². The summed E-state index contributed by atoms with van der Waals surface area (Å²) in [6.45, 7) is 5.06. The standard InChI is InChI=1S/C31H41N3O2/c1-23(2)24-17-19-27(20-18-24)36-22-30-32-28-15-9-10-16-29(28)33(30)21-31(35)34(25-11-5-3-6-12-25)26-13-7-4-8-14-26/h9-10,15-20,23,25-26H,3-8,11-14,21-22H2,1-2H3. The number of benzene rings is 2. The number of hydrogen-bond acceptors (Lipinski definition) is 3. The molecule has 2 fully saturated rings. The van der Waals surface area contributed by atoms with Crippen LogP contribution in [0.2, 0.25) is 0 Å². The fraction of sp³-hybridized carbons (Fsp3) is 0.548. The molecule has 5 heteroatoms. The zero-order valence-electron chi connectivity index (χ0n) is 22.0. The molecule has 1 aromatic heterocycles. The Morgan fingerprint density at radius 2 is 1.53 bits per heavy atom. The average molecular weight is 488 g/mol. The molecule has 0 atom stereocenters. The van der Waals surface area contributed by atoms with E-state index in [0.29, 0.717) is 31.2 Å². The Morgan fingerprint density at radius 3 is 2.14 bits per heavy atom. The Labute approximate surface area is 215 Å². The fourth-order valence-electron chi connectivity index (χ4n) is 6.15. The van der Waals surface area contributed by atoms with Crippen LogP contribution in [0.25, 0.3) is 11.0 Å². The summed E-state index contributed by atoms with van der Waals surface area (Å²) in [4.78, 5) is 21.2. The van der Waals surface area contributed by atoms with Crippen molar-refractivity contribution < 1.29 is 9.53 Å². The maximum absolute atomic E-state index is 14.0. The minimum absolute atomic E-state index is 0.250. The van der Waals surface area contributed by atoms with Gasteiger partial charge in [-0.3, -0.25) is 4.79 Å². The summed E-state index contributed by atoms with van der Waals surface area (Å²) in [5, 5.41) is 0. The van der Waals surface area contributed by atoms with Crippen molar-refractivity contribution in [3.05, 3.63) is 59.9 Å². The second-order valence-electron chi connectivity index (χ2n) is 11.0. The first kappa shape index (κ1) is 24.9. The molecule has 2 saturated carbocycles. The Balaban J connectivity index is 1.38. The molecular weight excluding hydrogens is 446 g/mol. The van der Waals surface area contributed by atoms with Crippen LogP contribution < -0.4 is 4.74 Å². The molecule has 0 spiro atoms. The summed E-state index contributed by atoms with van der Waals surface area (Å²) in [7, 11) is 0. The number of rotatable bonds is 8. The highest BCUT2D eigenvalue weighted by Crippen LogP contribution is 2.31. The molecule has 5 nitrogen and oxygen atoms in total. The number of fused-ring (bicyclic) bond motifs is 1. The first-order chi connectivity index (χ1) is 17.6. The highest BCUT2D eigenvalue weighted by Gasteiger charge is 2.33. The SMILES string of the molecule is CC(C)c1ccc(OCc2nc3ccccc3n2CC(=O)N(C2CCCCC2)C2CCCCC2)cc1. The summed E-state index contributed by atoms with van der Waals surface area (Å²) >= 11 is 0. The zero-order valence-corrected chi connectivity index (χ0v) is 22.0. The third kappa shape index (κ3) is 5.61. The highest BCUT2D eigenvalue weighted by atomic mass is 16.5. The average Bonchev–Trinajstić information content (AvgIpc) is 3.26. The van der Waals surface area contributed by atoms with Crippen LogP contribution >= 0.6 is 0 Å². The number of nitrogens with zero attached hydrogens (tertiary/aromatic N) is 3. The third-order valence-corrected chi connectivity index (χ3v) is 8.17. The van der Waals surface area contributed by atoms with Gasteiger partial charge in [0.15, 0.2) is 0 Å². The largest absolute Gasteiger partial charge is 0.486 e. The second-order valence-corrected chi connectivity index (χ2v) is 11.0. The number of imidazole rings is 1. The van der Waals surface area contributed by atoms with E-state index in [0.717, 1.165) is 48.3 Å². The molecule has 36 heavy (non-hydrogen) atoms. The van der Waals surface area contributed by atoms with E-state index in [-0.39, 0.29) is 5.91 Å². The predicted molar refractivity (Wildman–Crippen MR) is 145 cm³/mol. The van der Waals surface area contributed by atoms with Crippen LogP contribution in [0.1, 0.15) is 95.4 Å². The van der Waals surface area contributed by atoms with Crippen LogP contribution in [-0.4, -0.2) is 32.4 Å². The van der Waals surface area contributed by atoms with Crippen molar-refractivity contribution in [2.24, 2.45) is 0 Å². The van der Waals surface area contributed by atoms with Gasteiger partial charge in [-0.1, -0.05) is 76.6 Å². The lowest BCUT2D eigenvalue weighted by atomic mass is 9.88. The van der Waals surface area contributed by atoms with Crippen LogP contribution in [0.15, 0.2) is 48.5 Å². The summed E-state index contributed by atoms with van der Waals surface area (Å²) in [6.07, 6.45) is 12.2. The van der Waals surface area contributed by atoms with E-state index in [1.54, 1.807) is 0 Å². The van der Waals surface area contributed by atoms with Gasteiger partial charge in [-0.15, -0.1) is 0 Å². The zero-order chi connectivity index (χ0) is 24.9. The number of amides is 1. The van der Waals surface area contributed by atoms with Crippen LogP contribution in [0.5, 0.6) is 5.75 Å². The number of hydrogen-bond donors (Lipinski definition) is 0. The fourth-order valence-corrected chi connectivity index (χ4v) is 6.15. The van der Waals surface area contributed by atoms with Gasteiger partial charge in [-0.05, 0) is 61.4 Å². The smallest absolute Gasteiger partial charge is 0.243 e. The van der Waals surface area contributed by atoms with Gasteiger partial charge < -0.3 is 14.2 Å². The molecule has 0 radical (unpaired) electrons. The normalized spacial score (nSPS) is 17.5. The number of para-hydroxylation sites is 2. The lowest BCUT2D eigenvalue weighted by molar-refractivity contribution is -0.138. The molecule has 0 unspecified atom stereocenters. The molecule has 1 amide bonds. The Hall–Kier alpha value is -2.82. The second kappa shape index (κ2) is 11.5. The quantitative estimate of drug-likeness (QED) is 0.337. The predicted octanol–water partition coefficient (Wildman–Crippen LogP) is 7.23. The number of carbonyl (C=O) groups is 1.